The molecule has 1 N–H and O–H groups in total. The Morgan fingerprint density at radius 1 is 1.27 bits per heavy atom. The molecule has 0 atom stereocenters. The molecule has 0 heterocycles. The molecule has 0 aliphatic rings. The van der Waals surface area contributed by atoms with Crippen LogP contribution in [0.3, 0.4) is 0 Å². The molecule has 0 bridgehead atoms. The zero-order valence-electron chi connectivity index (χ0n) is 9.33. The van der Waals surface area contributed by atoms with Crippen molar-refractivity contribution in [3.8, 4) is 6.07 Å². The lowest BCUT2D eigenvalue weighted by molar-refractivity contribution is -0.131. The SMILES string of the molecule is CCCCCCCC/C(C#N)=C/C(=O)O. The number of hydrogen-bond donors (Lipinski definition) is 1. The summed E-state index contributed by atoms with van der Waals surface area (Å²) in [4.78, 5) is 10.3. The van der Waals surface area contributed by atoms with Crippen LogP contribution in [0.4, 0.5) is 0 Å². The average Bonchev–Trinajstić information content (AvgIpc) is 2.20. The Balaban J connectivity index is 3.57. The lowest BCUT2D eigenvalue weighted by Gasteiger charge is -1.99. The number of allylic oxidation sites excluding steroid dienone is 1. The Morgan fingerprint density at radius 3 is 2.40 bits per heavy atom. The highest BCUT2D eigenvalue weighted by molar-refractivity contribution is 5.81. The number of aliphatic carboxylic acids is 1. The predicted octanol–water partition coefficient (Wildman–Crippen LogP) is 3.27. The fraction of sp³-hybridized carbons (Fsp3) is 0.667. The van der Waals surface area contributed by atoms with Gasteiger partial charge in [-0.05, 0) is 12.8 Å². The van der Waals surface area contributed by atoms with E-state index in [9.17, 15) is 4.79 Å². The third-order valence-electron chi connectivity index (χ3n) is 2.24. The minimum absolute atomic E-state index is 0.373. The second kappa shape index (κ2) is 9.26. The summed E-state index contributed by atoms with van der Waals surface area (Å²) < 4.78 is 0. The lowest BCUT2D eigenvalue weighted by atomic mass is 10.1. The molecule has 0 aromatic heterocycles. The molecule has 0 unspecified atom stereocenters. The summed E-state index contributed by atoms with van der Waals surface area (Å²) in [6, 6.07) is 1.92. The molecular weight excluding hydrogens is 190 g/mol. The number of unbranched alkanes of at least 4 members (excludes halogenated alkanes) is 5. The van der Waals surface area contributed by atoms with E-state index in [0.717, 1.165) is 18.9 Å². The highest BCUT2D eigenvalue weighted by Crippen LogP contribution is 2.11. The molecule has 0 radical (unpaired) electrons. The Morgan fingerprint density at radius 2 is 1.87 bits per heavy atom. The Bertz CT molecular complexity index is 251. The van der Waals surface area contributed by atoms with Gasteiger partial charge in [-0.1, -0.05) is 39.0 Å². The minimum Gasteiger partial charge on any atom is -0.478 e. The van der Waals surface area contributed by atoms with Crippen molar-refractivity contribution in [2.45, 2.75) is 51.9 Å². The third kappa shape index (κ3) is 9.01. The van der Waals surface area contributed by atoms with Crippen molar-refractivity contribution in [2.75, 3.05) is 0 Å². The van der Waals surface area contributed by atoms with Crippen LogP contribution in [-0.4, -0.2) is 11.1 Å². The van der Waals surface area contributed by atoms with Gasteiger partial charge in [0.2, 0.25) is 0 Å². The summed E-state index contributed by atoms with van der Waals surface area (Å²) in [6.45, 7) is 2.17. The monoisotopic (exact) mass is 209 g/mol. The van der Waals surface area contributed by atoms with Crippen molar-refractivity contribution in [3.63, 3.8) is 0 Å². The number of rotatable bonds is 8. The Hall–Kier alpha value is -1.30. The second-order valence-corrected chi connectivity index (χ2v) is 3.64. The quantitative estimate of drug-likeness (QED) is 0.379. The largest absolute Gasteiger partial charge is 0.478 e. The van der Waals surface area contributed by atoms with Gasteiger partial charge in [0.15, 0.2) is 0 Å². The average molecular weight is 209 g/mol. The van der Waals surface area contributed by atoms with Crippen LogP contribution in [0.1, 0.15) is 51.9 Å². The number of hydrogen-bond acceptors (Lipinski definition) is 2. The molecule has 0 aromatic rings. The maximum atomic E-state index is 10.3. The van der Waals surface area contributed by atoms with Crippen molar-refractivity contribution in [1.29, 1.82) is 5.26 Å². The van der Waals surface area contributed by atoms with Crippen LogP contribution in [0.25, 0.3) is 0 Å². The highest BCUT2D eigenvalue weighted by Gasteiger charge is 1.99. The van der Waals surface area contributed by atoms with Gasteiger partial charge in [-0.25, -0.2) is 4.79 Å². The number of carboxylic acids is 1. The number of carbonyl (C=O) groups is 1. The van der Waals surface area contributed by atoms with Gasteiger partial charge in [-0.15, -0.1) is 0 Å². The number of nitrogens with zero attached hydrogens (tertiary/aromatic N) is 1. The maximum absolute atomic E-state index is 10.3. The molecule has 0 amide bonds. The summed E-state index contributed by atoms with van der Waals surface area (Å²) >= 11 is 0. The van der Waals surface area contributed by atoms with Crippen molar-refractivity contribution < 1.29 is 9.90 Å². The van der Waals surface area contributed by atoms with Gasteiger partial charge < -0.3 is 5.11 Å². The van der Waals surface area contributed by atoms with Crippen LogP contribution in [0, 0.1) is 11.3 Å². The van der Waals surface area contributed by atoms with Crippen LogP contribution >= 0.6 is 0 Å². The van der Waals surface area contributed by atoms with Crippen molar-refractivity contribution in [3.05, 3.63) is 11.6 Å². The third-order valence-corrected chi connectivity index (χ3v) is 2.24. The second-order valence-electron chi connectivity index (χ2n) is 3.64. The summed E-state index contributed by atoms with van der Waals surface area (Å²) in [5.41, 5.74) is 0.373. The first-order chi connectivity index (χ1) is 7.20. The van der Waals surface area contributed by atoms with Gasteiger partial charge >= 0.3 is 5.97 Å². The zero-order valence-corrected chi connectivity index (χ0v) is 9.33. The van der Waals surface area contributed by atoms with Gasteiger partial charge in [0.25, 0.3) is 0 Å². The van der Waals surface area contributed by atoms with E-state index in [1.165, 1.54) is 25.7 Å². The lowest BCUT2D eigenvalue weighted by Crippen LogP contribution is -1.91. The number of nitriles is 1. The van der Waals surface area contributed by atoms with Gasteiger partial charge in [0.05, 0.1) is 6.07 Å². The van der Waals surface area contributed by atoms with Gasteiger partial charge in [0, 0.05) is 11.6 Å². The molecule has 0 aliphatic heterocycles. The van der Waals surface area contributed by atoms with Crippen LogP contribution in [0.2, 0.25) is 0 Å². The molecule has 0 aromatic carbocycles. The van der Waals surface area contributed by atoms with Gasteiger partial charge in [-0.2, -0.15) is 5.26 Å². The fourth-order valence-corrected chi connectivity index (χ4v) is 1.41. The molecule has 3 nitrogen and oxygen atoms in total. The van der Waals surface area contributed by atoms with E-state index >= 15 is 0 Å². The van der Waals surface area contributed by atoms with E-state index < -0.39 is 5.97 Å². The first-order valence-electron chi connectivity index (χ1n) is 5.54. The Labute approximate surface area is 91.4 Å². The summed E-state index contributed by atoms with van der Waals surface area (Å²) in [5, 5.41) is 17.1. The molecule has 0 fully saturated rings. The summed E-state index contributed by atoms with van der Waals surface area (Å²) in [6.07, 6.45) is 8.50. The van der Waals surface area contributed by atoms with E-state index in [0.29, 0.717) is 12.0 Å². The smallest absolute Gasteiger partial charge is 0.329 e. The van der Waals surface area contributed by atoms with E-state index in [1.807, 2.05) is 6.07 Å². The van der Waals surface area contributed by atoms with Crippen molar-refractivity contribution >= 4 is 5.97 Å². The maximum Gasteiger partial charge on any atom is 0.329 e. The normalized spacial score (nSPS) is 11.1. The number of carboxylic acid groups (broad SMARTS) is 1. The molecule has 3 heteroatoms. The molecule has 0 spiro atoms. The van der Waals surface area contributed by atoms with Crippen molar-refractivity contribution in [2.24, 2.45) is 0 Å². The standard InChI is InChI=1S/C12H19NO2/c1-2-3-4-5-6-7-8-11(10-13)9-12(14)15/h9H,2-8H2,1H3,(H,14,15)/b11-9-. The topological polar surface area (TPSA) is 61.1 Å². The first-order valence-corrected chi connectivity index (χ1v) is 5.54. The zero-order chi connectivity index (χ0) is 11.5. The predicted molar refractivity (Wildman–Crippen MR) is 59.3 cm³/mol. The van der Waals surface area contributed by atoms with Crippen LogP contribution < -0.4 is 0 Å². The van der Waals surface area contributed by atoms with E-state index in [2.05, 4.69) is 6.92 Å². The molecule has 0 aliphatic carbocycles. The molecule has 84 valence electrons. The van der Waals surface area contributed by atoms with Crippen LogP contribution in [-0.2, 0) is 4.79 Å². The highest BCUT2D eigenvalue weighted by atomic mass is 16.4. The van der Waals surface area contributed by atoms with Gasteiger partial charge in [-0.3, -0.25) is 0 Å². The van der Waals surface area contributed by atoms with Crippen molar-refractivity contribution in [1.82, 2.24) is 0 Å². The van der Waals surface area contributed by atoms with E-state index in [1.54, 1.807) is 0 Å². The fourth-order valence-electron chi connectivity index (χ4n) is 1.41. The molecule has 15 heavy (non-hydrogen) atoms. The van der Waals surface area contributed by atoms with Crippen LogP contribution in [0.5, 0.6) is 0 Å². The molecular formula is C12H19NO2. The molecule has 0 saturated carbocycles. The minimum atomic E-state index is -1.03. The van der Waals surface area contributed by atoms with E-state index in [4.69, 9.17) is 10.4 Å². The van der Waals surface area contributed by atoms with Crippen LogP contribution in [0.15, 0.2) is 11.6 Å². The molecule has 0 saturated heterocycles. The Kier molecular flexibility index (Phi) is 8.46. The van der Waals surface area contributed by atoms with E-state index in [-0.39, 0.29) is 0 Å². The molecule has 0 rings (SSSR count). The summed E-state index contributed by atoms with van der Waals surface area (Å²) in [7, 11) is 0. The summed E-state index contributed by atoms with van der Waals surface area (Å²) in [5.74, 6) is -1.03. The van der Waals surface area contributed by atoms with Gasteiger partial charge in [0.1, 0.15) is 0 Å². The first kappa shape index (κ1) is 13.7.